The Balaban J connectivity index is 0.00000121. The molecule has 0 aliphatic heterocycles. The van der Waals surface area contributed by atoms with E-state index in [0.29, 0.717) is 0 Å². The van der Waals surface area contributed by atoms with Crippen LogP contribution < -0.4 is 0 Å². The van der Waals surface area contributed by atoms with Crippen LogP contribution in [-0.2, 0) is 4.79 Å². The third kappa shape index (κ3) is 2.83. The summed E-state index contributed by atoms with van der Waals surface area (Å²) in [5.41, 5.74) is 0.847. The van der Waals surface area contributed by atoms with E-state index >= 15 is 0 Å². The molecule has 0 amide bonds. The first-order chi connectivity index (χ1) is 5.22. The summed E-state index contributed by atoms with van der Waals surface area (Å²) >= 11 is 0. The Kier molecular flexibility index (Phi) is 4.93. The van der Waals surface area contributed by atoms with Crippen molar-refractivity contribution < 1.29 is 9.90 Å². The third-order valence-electron chi connectivity index (χ3n) is 1.67. The van der Waals surface area contributed by atoms with Gasteiger partial charge in [0.1, 0.15) is 0 Å². The van der Waals surface area contributed by atoms with Crippen molar-refractivity contribution in [2.24, 2.45) is 0 Å². The number of rotatable bonds is 2. The van der Waals surface area contributed by atoms with Gasteiger partial charge >= 0.3 is 29.0 Å². The Morgan fingerprint density at radius 1 is 1.33 bits per heavy atom. The minimum absolute atomic E-state index is 0. The van der Waals surface area contributed by atoms with Crippen LogP contribution in [0.15, 0.2) is 30.3 Å². The van der Waals surface area contributed by atoms with Crippen LogP contribution in [0, 0.1) is 0 Å². The molecular formula is C9H12MgO2. The van der Waals surface area contributed by atoms with Gasteiger partial charge in [0.05, 0.1) is 5.92 Å². The fourth-order valence-corrected chi connectivity index (χ4v) is 0.884. The van der Waals surface area contributed by atoms with Crippen molar-refractivity contribution in [1.29, 1.82) is 0 Å². The number of hydrogen-bond acceptors (Lipinski definition) is 1. The summed E-state index contributed by atoms with van der Waals surface area (Å²) in [6.45, 7) is 1.68. The maximum atomic E-state index is 10.5. The Hall–Kier alpha value is -0.544. The Bertz CT molecular complexity index is 246. The Morgan fingerprint density at radius 3 is 2.25 bits per heavy atom. The normalized spacial score (nSPS) is 11.4. The van der Waals surface area contributed by atoms with Crippen molar-refractivity contribution in [3.05, 3.63) is 35.9 Å². The summed E-state index contributed by atoms with van der Waals surface area (Å²) in [6, 6.07) is 9.19. The van der Waals surface area contributed by atoms with Crippen LogP contribution in [0.25, 0.3) is 0 Å². The van der Waals surface area contributed by atoms with Crippen molar-refractivity contribution >= 4 is 29.0 Å². The van der Waals surface area contributed by atoms with Crippen molar-refractivity contribution in [1.82, 2.24) is 0 Å². The van der Waals surface area contributed by atoms with Gasteiger partial charge in [-0.2, -0.15) is 0 Å². The van der Waals surface area contributed by atoms with E-state index in [9.17, 15) is 4.79 Å². The molecule has 1 rings (SSSR count). The zero-order valence-electron chi connectivity index (χ0n) is 6.32. The summed E-state index contributed by atoms with van der Waals surface area (Å²) in [5.74, 6) is -1.19. The number of carboxylic acid groups (broad SMARTS) is 1. The molecule has 0 radical (unpaired) electrons. The Morgan fingerprint density at radius 2 is 1.83 bits per heavy atom. The van der Waals surface area contributed by atoms with Crippen LogP contribution in [0.1, 0.15) is 18.4 Å². The van der Waals surface area contributed by atoms with Gasteiger partial charge in [0.2, 0.25) is 0 Å². The second-order valence-corrected chi connectivity index (χ2v) is 2.47. The Labute approximate surface area is 87.8 Å². The van der Waals surface area contributed by atoms with Crippen molar-refractivity contribution in [3.63, 3.8) is 0 Å². The van der Waals surface area contributed by atoms with E-state index in [-0.39, 0.29) is 23.1 Å². The molecule has 0 aromatic heterocycles. The molecule has 0 spiro atoms. The molecule has 1 unspecified atom stereocenters. The average Bonchev–Trinajstić information content (AvgIpc) is 2.05. The monoisotopic (exact) mass is 176 g/mol. The second-order valence-electron chi connectivity index (χ2n) is 2.47. The highest BCUT2D eigenvalue weighted by Crippen LogP contribution is 2.13. The molecule has 0 saturated carbocycles. The number of benzene rings is 1. The highest BCUT2D eigenvalue weighted by Gasteiger charge is 2.11. The molecule has 0 fully saturated rings. The van der Waals surface area contributed by atoms with Crippen LogP contribution in [-0.4, -0.2) is 34.1 Å². The van der Waals surface area contributed by atoms with Crippen LogP contribution >= 0.6 is 0 Å². The molecule has 1 N–H and O–H groups in total. The maximum Gasteiger partial charge on any atom is 0.316 e. The first-order valence-corrected chi connectivity index (χ1v) is 3.49. The van der Waals surface area contributed by atoms with Gasteiger partial charge in [0.25, 0.3) is 0 Å². The topological polar surface area (TPSA) is 37.3 Å². The SMILES string of the molecule is CC(C(=O)O)c1ccccc1.[MgH2]. The molecule has 12 heavy (non-hydrogen) atoms. The highest BCUT2D eigenvalue weighted by atomic mass is 24.3. The zero-order valence-corrected chi connectivity index (χ0v) is 6.32. The molecule has 62 valence electrons. The quantitative estimate of drug-likeness (QED) is 0.682. The van der Waals surface area contributed by atoms with Crippen LogP contribution in [0.3, 0.4) is 0 Å². The molecule has 0 aliphatic rings. The van der Waals surface area contributed by atoms with Gasteiger partial charge in [-0.25, -0.2) is 0 Å². The summed E-state index contributed by atoms with van der Waals surface area (Å²) in [5, 5.41) is 8.64. The average molecular weight is 176 g/mol. The van der Waals surface area contributed by atoms with E-state index in [1.54, 1.807) is 6.92 Å². The van der Waals surface area contributed by atoms with E-state index < -0.39 is 11.9 Å². The van der Waals surface area contributed by atoms with Crippen LogP contribution in [0.4, 0.5) is 0 Å². The second kappa shape index (κ2) is 5.16. The lowest BCUT2D eigenvalue weighted by Crippen LogP contribution is -2.06. The van der Waals surface area contributed by atoms with Gasteiger partial charge in [0, 0.05) is 0 Å². The van der Waals surface area contributed by atoms with E-state index in [1.807, 2.05) is 30.3 Å². The van der Waals surface area contributed by atoms with Crippen molar-refractivity contribution in [2.75, 3.05) is 0 Å². The van der Waals surface area contributed by atoms with Gasteiger partial charge in [-0.05, 0) is 12.5 Å². The molecule has 0 saturated heterocycles. The maximum absolute atomic E-state index is 10.5. The molecular weight excluding hydrogens is 164 g/mol. The summed E-state index contributed by atoms with van der Waals surface area (Å²) in [4.78, 5) is 10.5. The molecule has 1 aromatic carbocycles. The van der Waals surface area contributed by atoms with E-state index in [0.717, 1.165) is 5.56 Å². The van der Waals surface area contributed by atoms with Gasteiger partial charge in [-0.15, -0.1) is 0 Å². The third-order valence-corrected chi connectivity index (χ3v) is 1.67. The minimum atomic E-state index is -0.781. The van der Waals surface area contributed by atoms with Gasteiger partial charge in [-0.1, -0.05) is 30.3 Å². The van der Waals surface area contributed by atoms with Crippen molar-refractivity contribution in [2.45, 2.75) is 12.8 Å². The fourth-order valence-electron chi connectivity index (χ4n) is 0.884. The predicted molar refractivity (Wildman–Crippen MR) is 51.0 cm³/mol. The summed E-state index contributed by atoms with van der Waals surface area (Å²) < 4.78 is 0. The molecule has 0 bridgehead atoms. The van der Waals surface area contributed by atoms with Crippen LogP contribution in [0.2, 0.25) is 0 Å². The largest absolute Gasteiger partial charge is 0.481 e. The number of hydrogen-bond donors (Lipinski definition) is 1. The first-order valence-electron chi connectivity index (χ1n) is 3.49. The van der Waals surface area contributed by atoms with Gasteiger partial charge in [-0.3, -0.25) is 4.79 Å². The highest BCUT2D eigenvalue weighted by molar-refractivity contribution is 5.75. The first kappa shape index (κ1) is 11.5. The number of aliphatic carboxylic acids is 1. The van der Waals surface area contributed by atoms with Gasteiger partial charge < -0.3 is 5.11 Å². The van der Waals surface area contributed by atoms with Crippen LogP contribution in [0.5, 0.6) is 0 Å². The lowest BCUT2D eigenvalue weighted by atomic mass is 10.0. The standard InChI is InChI=1S/C9H10O2.Mg.2H/c1-7(9(10)11)8-5-3-2-4-6-8;;;/h2-7H,1H3,(H,10,11);;;. The molecule has 1 aromatic rings. The molecule has 3 heteroatoms. The number of carbonyl (C=O) groups is 1. The van der Waals surface area contributed by atoms with Gasteiger partial charge in [0.15, 0.2) is 0 Å². The van der Waals surface area contributed by atoms with E-state index in [1.165, 1.54) is 0 Å². The zero-order chi connectivity index (χ0) is 8.27. The molecule has 0 aliphatic carbocycles. The molecule has 2 nitrogen and oxygen atoms in total. The molecule has 0 heterocycles. The lowest BCUT2D eigenvalue weighted by Gasteiger charge is -2.04. The lowest BCUT2D eigenvalue weighted by molar-refractivity contribution is -0.138. The smallest absolute Gasteiger partial charge is 0.316 e. The van der Waals surface area contributed by atoms with E-state index in [2.05, 4.69) is 0 Å². The summed E-state index contributed by atoms with van der Waals surface area (Å²) in [6.07, 6.45) is 0. The summed E-state index contributed by atoms with van der Waals surface area (Å²) in [7, 11) is 0. The molecule has 1 atom stereocenters. The fraction of sp³-hybridized carbons (Fsp3) is 0.222. The van der Waals surface area contributed by atoms with Crippen molar-refractivity contribution in [3.8, 4) is 0 Å². The van der Waals surface area contributed by atoms with E-state index in [4.69, 9.17) is 5.11 Å². The predicted octanol–water partition coefficient (Wildman–Crippen LogP) is 0.958. The minimum Gasteiger partial charge on any atom is -0.481 e. The number of carboxylic acids is 1.